The molecule has 3 N–H and O–H groups in total. The van der Waals surface area contributed by atoms with Crippen LogP contribution >= 0.6 is 12.4 Å². The number of halogens is 1. The van der Waals surface area contributed by atoms with Gasteiger partial charge in [0.15, 0.2) is 0 Å². The molecular weight excluding hydrogens is 336 g/mol. The summed E-state index contributed by atoms with van der Waals surface area (Å²) < 4.78 is 5.21. The zero-order valence-electron chi connectivity index (χ0n) is 14.4. The number of para-hydroxylation sites is 1. The third-order valence-electron chi connectivity index (χ3n) is 4.56. The topological polar surface area (TPSA) is 64.3 Å². The third-order valence-corrected chi connectivity index (χ3v) is 4.56. The van der Waals surface area contributed by atoms with Crippen LogP contribution in [0.2, 0.25) is 0 Å². The molecule has 0 radical (unpaired) electrons. The number of aryl methyl sites for hydroxylation is 1. The molecule has 1 saturated carbocycles. The van der Waals surface area contributed by atoms with Crippen molar-refractivity contribution in [3.63, 3.8) is 0 Å². The molecule has 0 spiro atoms. The monoisotopic (exact) mass is 360 g/mol. The van der Waals surface area contributed by atoms with E-state index in [-0.39, 0.29) is 24.4 Å². The van der Waals surface area contributed by atoms with Gasteiger partial charge in [-0.3, -0.25) is 4.79 Å². The van der Waals surface area contributed by atoms with E-state index >= 15 is 0 Å². The van der Waals surface area contributed by atoms with Crippen LogP contribution in [0, 0.1) is 5.92 Å². The van der Waals surface area contributed by atoms with Crippen LogP contribution in [-0.4, -0.2) is 13.0 Å². The molecule has 1 amide bonds. The molecule has 0 bridgehead atoms. The number of rotatable bonds is 7. The summed E-state index contributed by atoms with van der Waals surface area (Å²) in [5.41, 5.74) is 8.86. The van der Waals surface area contributed by atoms with Crippen molar-refractivity contribution in [2.45, 2.75) is 31.7 Å². The highest BCUT2D eigenvalue weighted by Gasteiger charge is 2.33. The fraction of sp³-hybridized carbons (Fsp3) is 0.350. The number of carbonyl (C=O) groups excluding carboxylic acids is 1. The number of nitrogens with one attached hydrogen (secondary N) is 1. The molecule has 1 unspecified atom stereocenters. The van der Waals surface area contributed by atoms with Crippen LogP contribution in [0.15, 0.2) is 48.5 Å². The molecule has 2 aromatic carbocycles. The van der Waals surface area contributed by atoms with Gasteiger partial charge >= 0.3 is 0 Å². The van der Waals surface area contributed by atoms with Crippen molar-refractivity contribution in [2.24, 2.45) is 5.92 Å². The number of methoxy groups -OCH3 is 1. The highest BCUT2D eigenvalue weighted by molar-refractivity contribution is 5.85. The molecule has 1 aliphatic rings. The molecule has 1 aliphatic carbocycles. The molecule has 134 valence electrons. The number of nitrogen functional groups attached to an aromatic ring is 1. The Hall–Kier alpha value is -2.20. The Kier molecular flexibility index (Phi) is 6.71. The van der Waals surface area contributed by atoms with Gasteiger partial charge in [-0.25, -0.2) is 0 Å². The van der Waals surface area contributed by atoms with E-state index in [1.165, 1.54) is 12.8 Å². The van der Waals surface area contributed by atoms with E-state index in [1.807, 2.05) is 48.5 Å². The molecule has 0 saturated heterocycles. The number of carbonyl (C=O) groups is 1. The van der Waals surface area contributed by atoms with Crippen molar-refractivity contribution in [1.82, 2.24) is 5.32 Å². The fourth-order valence-electron chi connectivity index (χ4n) is 2.97. The van der Waals surface area contributed by atoms with Crippen LogP contribution in [0.4, 0.5) is 5.69 Å². The lowest BCUT2D eigenvalue weighted by Crippen LogP contribution is -2.30. The number of amides is 1. The van der Waals surface area contributed by atoms with Gasteiger partial charge in [0, 0.05) is 12.1 Å². The Morgan fingerprint density at radius 3 is 2.48 bits per heavy atom. The SMILES string of the molecule is COc1ccc(C(NC(=O)CCc2ccccc2N)C2CC2)cc1.Cl. The Morgan fingerprint density at radius 1 is 1.20 bits per heavy atom. The molecule has 5 heteroatoms. The first-order chi connectivity index (χ1) is 11.7. The zero-order valence-corrected chi connectivity index (χ0v) is 15.2. The lowest BCUT2D eigenvalue weighted by molar-refractivity contribution is -0.122. The summed E-state index contributed by atoms with van der Waals surface area (Å²) in [7, 11) is 1.66. The summed E-state index contributed by atoms with van der Waals surface area (Å²) in [5, 5.41) is 3.20. The summed E-state index contributed by atoms with van der Waals surface area (Å²) in [6.07, 6.45) is 3.46. The van der Waals surface area contributed by atoms with E-state index in [0.29, 0.717) is 18.8 Å². The van der Waals surface area contributed by atoms with Gasteiger partial charge in [-0.05, 0) is 54.5 Å². The minimum Gasteiger partial charge on any atom is -0.497 e. The predicted octanol–water partition coefficient (Wildman–Crippen LogP) is 3.90. The van der Waals surface area contributed by atoms with Crippen LogP contribution in [0.25, 0.3) is 0 Å². The molecular formula is C20H25ClN2O2. The average molecular weight is 361 g/mol. The van der Waals surface area contributed by atoms with Crippen LogP contribution in [0.5, 0.6) is 5.75 Å². The molecule has 25 heavy (non-hydrogen) atoms. The normalized spacial score (nSPS) is 14.3. The standard InChI is InChI=1S/C20H24N2O2.ClH/c1-24-17-11-8-16(9-12-17)20(15-6-7-15)22-19(23)13-10-14-4-2-3-5-18(14)21;/h2-5,8-9,11-12,15,20H,6-7,10,13,21H2,1H3,(H,22,23);1H. The predicted molar refractivity (Wildman–Crippen MR) is 103 cm³/mol. The quantitative estimate of drug-likeness (QED) is 0.736. The summed E-state index contributed by atoms with van der Waals surface area (Å²) in [6.45, 7) is 0. The van der Waals surface area contributed by atoms with Crippen molar-refractivity contribution in [2.75, 3.05) is 12.8 Å². The van der Waals surface area contributed by atoms with E-state index in [4.69, 9.17) is 10.5 Å². The number of benzene rings is 2. The lowest BCUT2D eigenvalue weighted by Gasteiger charge is -2.19. The van der Waals surface area contributed by atoms with Gasteiger partial charge in [0.05, 0.1) is 13.2 Å². The maximum absolute atomic E-state index is 12.4. The molecule has 4 nitrogen and oxygen atoms in total. The number of nitrogens with two attached hydrogens (primary N) is 1. The van der Waals surface area contributed by atoms with Crippen LogP contribution in [-0.2, 0) is 11.2 Å². The molecule has 2 aromatic rings. The van der Waals surface area contributed by atoms with Gasteiger partial charge in [0.25, 0.3) is 0 Å². The summed E-state index contributed by atoms with van der Waals surface area (Å²) in [6, 6.07) is 15.8. The number of ether oxygens (including phenoxy) is 1. The van der Waals surface area contributed by atoms with Crippen LogP contribution in [0.1, 0.15) is 36.4 Å². The molecule has 3 rings (SSSR count). The zero-order chi connectivity index (χ0) is 16.9. The number of hydrogen-bond acceptors (Lipinski definition) is 3. The van der Waals surface area contributed by atoms with E-state index in [9.17, 15) is 4.79 Å². The first kappa shape index (κ1) is 19.1. The van der Waals surface area contributed by atoms with E-state index < -0.39 is 0 Å². The van der Waals surface area contributed by atoms with Crippen molar-refractivity contribution in [1.29, 1.82) is 0 Å². The van der Waals surface area contributed by atoms with Crippen LogP contribution in [0.3, 0.4) is 0 Å². The Morgan fingerprint density at radius 2 is 1.88 bits per heavy atom. The molecule has 1 atom stereocenters. The second-order valence-corrected chi connectivity index (χ2v) is 6.35. The van der Waals surface area contributed by atoms with Crippen molar-refractivity contribution < 1.29 is 9.53 Å². The van der Waals surface area contributed by atoms with Crippen molar-refractivity contribution in [3.8, 4) is 5.75 Å². The largest absolute Gasteiger partial charge is 0.497 e. The Balaban J connectivity index is 0.00000225. The van der Waals surface area contributed by atoms with Gasteiger partial charge in [0.2, 0.25) is 5.91 Å². The number of anilines is 1. The minimum atomic E-state index is 0. The smallest absolute Gasteiger partial charge is 0.220 e. The summed E-state index contributed by atoms with van der Waals surface area (Å²) in [4.78, 5) is 12.4. The Labute approximate surface area is 155 Å². The molecule has 1 fully saturated rings. The van der Waals surface area contributed by atoms with Crippen molar-refractivity contribution >= 4 is 24.0 Å². The first-order valence-corrected chi connectivity index (χ1v) is 8.44. The van der Waals surface area contributed by atoms with Gasteiger partial charge in [-0.15, -0.1) is 12.4 Å². The first-order valence-electron chi connectivity index (χ1n) is 8.44. The maximum Gasteiger partial charge on any atom is 0.220 e. The minimum absolute atomic E-state index is 0. The number of hydrogen-bond donors (Lipinski definition) is 2. The third kappa shape index (κ3) is 5.13. The molecule has 0 heterocycles. The Bertz CT molecular complexity index is 699. The molecule has 0 aliphatic heterocycles. The summed E-state index contributed by atoms with van der Waals surface area (Å²) >= 11 is 0. The van der Waals surface area contributed by atoms with Crippen molar-refractivity contribution in [3.05, 3.63) is 59.7 Å². The highest BCUT2D eigenvalue weighted by atomic mass is 35.5. The lowest BCUT2D eigenvalue weighted by atomic mass is 10.0. The second-order valence-electron chi connectivity index (χ2n) is 6.35. The average Bonchev–Trinajstić information content (AvgIpc) is 3.44. The van der Waals surface area contributed by atoms with E-state index in [0.717, 1.165) is 22.6 Å². The van der Waals surface area contributed by atoms with Gasteiger partial charge in [0.1, 0.15) is 5.75 Å². The van der Waals surface area contributed by atoms with Gasteiger partial charge < -0.3 is 15.8 Å². The fourth-order valence-corrected chi connectivity index (χ4v) is 2.97. The van der Waals surface area contributed by atoms with Crippen LogP contribution < -0.4 is 15.8 Å². The van der Waals surface area contributed by atoms with Gasteiger partial charge in [-0.2, -0.15) is 0 Å². The van der Waals surface area contributed by atoms with Gasteiger partial charge in [-0.1, -0.05) is 30.3 Å². The maximum atomic E-state index is 12.4. The highest BCUT2D eigenvalue weighted by Crippen LogP contribution is 2.41. The second kappa shape index (κ2) is 8.77. The molecule has 0 aromatic heterocycles. The van der Waals surface area contributed by atoms with E-state index in [1.54, 1.807) is 7.11 Å². The van der Waals surface area contributed by atoms with E-state index in [2.05, 4.69) is 5.32 Å². The summed E-state index contributed by atoms with van der Waals surface area (Å²) in [5.74, 6) is 1.45.